The molecule has 2 saturated carbocycles. The molecule has 2 aliphatic rings. The van der Waals surface area contributed by atoms with Gasteiger partial charge in [0.05, 0.1) is 5.60 Å². The van der Waals surface area contributed by atoms with Crippen molar-refractivity contribution in [3.8, 4) is 0 Å². The Morgan fingerprint density at radius 1 is 1.19 bits per heavy atom. The van der Waals surface area contributed by atoms with Crippen LogP contribution in [0.25, 0.3) is 10.9 Å². The first kappa shape index (κ1) is 32.4. The SMILES string of the molecule is C=C1CC1C.CCC(CC1(OC)CCC1)c1ccc2c(c1)cc(C(=O)N(C)c1ccccc1)n2C.[CH3-].[Cs+]. The number of hydrogen-bond donors (Lipinski definition) is 0. The minimum absolute atomic E-state index is 0. The van der Waals surface area contributed by atoms with E-state index in [0.29, 0.717) is 11.6 Å². The number of amides is 1. The number of aromatic nitrogens is 1. The second-order valence-corrected chi connectivity index (χ2v) is 10.4. The molecule has 0 spiro atoms. The van der Waals surface area contributed by atoms with E-state index < -0.39 is 0 Å². The third-order valence-electron chi connectivity index (χ3n) is 8.12. The summed E-state index contributed by atoms with van der Waals surface area (Å²) in [6.45, 7) is 8.20. The molecule has 2 atom stereocenters. The molecule has 4 nitrogen and oxygen atoms in total. The smallest absolute Gasteiger partial charge is 0.378 e. The van der Waals surface area contributed by atoms with Crippen molar-refractivity contribution >= 4 is 22.5 Å². The minimum Gasteiger partial charge on any atom is -0.378 e. The first-order valence-corrected chi connectivity index (χ1v) is 12.9. The van der Waals surface area contributed by atoms with Crippen molar-refractivity contribution in [1.82, 2.24) is 4.57 Å². The van der Waals surface area contributed by atoms with E-state index in [2.05, 4.69) is 38.6 Å². The summed E-state index contributed by atoms with van der Waals surface area (Å²) >= 11 is 0. The molecule has 0 bridgehead atoms. The monoisotopic (exact) mass is 620 g/mol. The Labute approximate surface area is 283 Å². The molecule has 5 rings (SSSR count). The Morgan fingerprint density at radius 2 is 1.81 bits per heavy atom. The molecular formula is C32H43CsN2O2. The predicted octanol–water partition coefficient (Wildman–Crippen LogP) is 4.94. The molecule has 194 valence electrons. The van der Waals surface area contributed by atoms with Crippen LogP contribution in [0.2, 0.25) is 0 Å². The summed E-state index contributed by atoms with van der Waals surface area (Å²) in [7, 11) is 5.66. The molecular weight excluding hydrogens is 577 g/mol. The van der Waals surface area contributed by atoms with E-state index in [0.717, 1.165) is 48.2 Å². The number of para-hydroxylation sites is 1. The number of ether oxygens (including phenoxy) is 1. The van der Waals surface area contributed by atoms with Crippen LogP contribution in [-0.4, -0.2) is 30.2 Å². The van der Waals surface area contributed by atoms with E-state index in [1.807, 2.05) is 62.2 Å². The van der Waals surface area contributed by atoms with Crippen molar-refractivity contribution < 1.29 is 78.4 Å². The molecule has 37 heavy (non-hydrogen) atoms. The van der Waals surface area contributed by atoms with Crippen molar-refractivity contribution in [2.45, 2.75) is 63.9 Å². The quantitative estimate of drug-likeness (QED) is 0.277. The number of nitrogens with zero attached hydrogens (tertiary/aromatic N) is 2. The number of aryl methyl sites for hydroxylation is 1. The van der Waals surface area contributed by atoms with E-state index in [9.17, 15) is 4.79 Å². The van der Waals surface area contributed by atoms with Crippen LogP contribution in [0.5, 0.6) is 0 Å². The minimum atomic E-state index is 0. The zero-order chi connectivity index (χ0) is 25.2. The normalized spacial score (nSPS) is 17.9. The topological polar surface area (TPSA) is 34.5 Å². The molecule has 0 N–H and O–H groups in total. The molecule has 1 aromatic heterocycles. The van der Waals surface area contributed by atoms with Gasteiger partial charge in [0.1, 0.15) is 5.69 Å². The Morgan fingerprint density at radius 3 is 2.30 bits per heavy atom. The van der Waals surface area contributed by atoms with Crippen molar-refractivity contribution in [2.24, 2.45) is 13.0 Å². The fourth-order valence-electron chi connectivity index (χ4n) is 5.11. The summed E-state index contributed by atoms with van der Waals surface area (Å²) in [5.41, 5.74) is 5.51. The van der Waals surface area contributed by atoms with E-state index in [-0.39, 0.29) is 87.8 Å². The van der Waals surface area contributed by atoms with Crippen molar-refractivity contribution in [2.75, 3.05) is 19.1 Å². The third-order valence-corrected chi connectivity index (χ3v) is 8.12. The van der Waals surface area contributed by atoms with Gasteiger partial charge in [-0.1, -0.05) is 50.3 Å². The van der Waals surface area contributed by atoms with Crippen LogP contribution in [0.1, 0.15) is 74.3 Å². The molecule has 0 saturated heterocycles. The number of fused-ring (bicyclic) bond motifs is 1. The molecule has 1 heterocycles. The number of hydrogen-bond acceptors (Lipinski definition) is 2. The van der Waals surface area contributed by atoms with E-state index >= 15 is 0 Å². The van der Waals surface area contributed by atoms with Crippen LogP contribution >= 0.6 is 0 Å². The van der Waals surface area contributed by atoms with E-state index in [4.69, 9.17) is 4.74 Å². The van der Waals surface area contributed by atoms with Gasteiger partial charge in [0.15, 0.2) is 0 Å². The number of carbonyl (C=O) groups excluding carboxylic acids is 1. The largest absolute Gasteiger partial charge is 1.00 e. The number of rotatable bonds is 7. The fourth-order valence-corrected chi connectivity index (χ4v) is 5.11. The standard InChI is InChI=1S/C26H32N2O2.C5H8.CH3.Cs/c1-5-19(18-26(30-4)14-9-15-26)20-12-13-23-21(16-20)17-24(28(23)3)25(29)27(2)22-10-7-6-8-11-22;1-4-3-5(4)2;;/h6-8,10-13,16-17,19H,5,9,14-15,18H2,1-4H3;5H,1,3H2,2H3;1H3;/q;;-1;+1. The summed E-state index contributed by atoms with van der Waals surface area (Å²) in [5, 5.41) is 1.12. The van der Waals surface area contributed by atoms with Crippen LogP contribution in [0.15, 0.2) is 66.7 Å². The van der Waals surface area contributed by atoms with Gasteiger partial charge in [-0.15, -0.1) is 0 Å². The maximum absolute atomic E-state index is 13.2. The van der Waals surface area contributed by atoms with Crippen molar-refractivity contribution in [1.29, 1.82) is 0 Å². The molecule has 2 aromatic carbocycles. The second-order valence-electron chi connectivity index (χ2n) is 10.4. The van der Waals surface area contributed by atoms with Gasteiger partial charge >= 0.3 is 68.9 Å². The van der Waals surface area contributed by atoms with Gasteiger partial charge < -0.3 is 21.6 Å². The number of methoxy groups -OCH3 is 1. The number of benzene rings is 2. The fraction of sp³-hybridized carbons (Fsp3) is 0.438. The average molecular weight is 621 g/mol. The van der Waals surface area contributed by atoms with Crippen LogP contribution < -0.4 is 73.8 Å². The van der Waals surface area contributed by atoms with Gasteiger partial charge in [-0.25, -0.2) is 0 Å². The summed E-state index contributed by atoms with van der Waals surface area (Å²) in [6.07, 6.45) is 7.03. The maximum atomic E-state index is 13.2. The Hall–Kier alpha value is -0.798. The molecule has 5 heteroatoms. The molecule has 2 unspecified atom stereocenters. The summed E-state index contributed by atoms with van der Waals surface area (Å²) < 4.78 is 7.89. The third kappa shape index (κ3) is 7.44. The Balaban J connectivity index is 0.000000617. The van der Waals surface area contributed by atoms with Crippen molar-refractivity contribution in [3.05, 3.63) is 85.4 Å². The van der Waals surface area contributed by atoms with Crippen LogP contribution in [0.4, 0.5) is 5.69 Å². The van der Waals surface area contributed by atoms with Gasteiger partial charge in [-0.2, -0.15) is 0 Å². The first-order valence-electron chi connectivity index (χ1n) is 12.9. The van der Waals surface area contributed by atoms with E-state index in [1.54, 1.807) is 4.90 Å². The first-order chi connectivity index (χ1) is 16.8. The number of carbonyl (C=O) groups is 1. The molecule has 0 aliphatic heterocycles. The molecule has 1 amide bonds. The Kier molecular flexibility index (Phi) is 12.3. The van der Waals surface area contributed by atoms with Crippen molar-refractivity contribution in [3.63, 3.8) is 0 Å². The van der Waals surface area contributed by atoms with Crippen LogP contribution in [-0.2, 0) is 11.8 Å². The van der Waals surface area contributed by atoms with Gasteiger partial charge in [0, 0.05) is 37.8 Å². The summed E-state index contributed by atoms with van der Waals surface area (Å²) in [5.74, 6) is 1.33. The molecule has 0 radical (unpaired) electrons. The zero-order valence-corrected chi connectivity index (χ0v) is 30.3. The molecule has 2 aliphatic carbocycles. The van der Waals surface area contributed by atoms with E-state index in [1.165, 1.54) is 24.0 Å². The average Bonchev–Trinajstić information content (AvgIpc) is 3.40. The number of allylic oxidation sites excluding steroid dienone is 1. The molecule has 3 aromatic rings. The Bertz CT molecular complexity index is 1190. The van der Waals surface area contributed by atoms with Crippen LogP contribution in [0.3, 0.4) is 0 Å². The second kappa shape index (κ2) is 14.0. The number of anilines is 1. The molecule has 2 fully saturated rings. The maximum Gasteiger partial charge on any atom is 1.00 e. The summed E-state index contributed by atoms with van der Waals surface area (Å²) in [4.78, 5) is 14.9. The van der Waals surface area contributed by atoms with Crippen LogP contribution in [0, 0.1) is 13.3 Å². The van der Waals surface area contributed by atoms with Gasteiger partial charge in [-0.05, 0) is 86.3 Å². The predicted molar refractivity (Wildman–Crippen MR) is 153 cm³/mol. The van der Waals surface area contributed by atoms with Gasteiger partial charge in [-0.3, -0.25) is 4.79 Å². The van der Waals surface area contributed by atoms with Gasteiger partial charge in [0.25, 0.3) is 5.91 Å². The van der Waals surface area contributed by atoms with Gasteiger partial charge in [0.2, 0.25) is 0 Å². The zero-order valence-electron chi connectivity index (χ0n) is 24.0. The summed E-state index contributed by atoms with van der Waals surface area (Å²) in [6, 6.07) is 18.5.